The number of phenols is 1. The zero-order chi connectivity index (χ0) is 13.4. The van der Waals surface area contributed by atoms with Gasteiger partial charge in [-0.15, -0.1) is 0 Å². The third kappa shape index (κ3) is 2.17. The molecule has 96 valence electrons. The Morgan fingerprint density at radius 2 is 2.05 bits per heavy atom. The lowest BCUT2D eigenvalue weighted by Crippen LogP contribution is -2.23. The molecule has 2 aromatic rings. The maximum atomic E-state index is 13.3. The van der Waals surface area contributed by atoms with Crippen LogP contribution >= 0.6 is 0 Å². The van der Waals surface area contributed by atoms with Crippen molar-refractivity contribution in [2.75, 3.05) is 5.32 Å². The summed E-state index contributed by atoms with van der Waals surface area (Å²) in [6.45, 7) is 0. The van der Waals surface area contributed by atoms with Gasteiger partial charge in [0.15, 0.2) is 0 Å². The van der Waals surface area contributed by atoms with Crippen LogP contribution in [0.5, 0.6) is 5.75 Å². The molecule has 2 N–H and O–H groups in total. The molecule has 3 rings (SSSR count). The highest BCUT2D eigenvalue weighted by molar-refractivity contribution is 5.95. The maximum Gasteiger partial charge on any atom is 0.225 e. The number of nitrogens with one attached hydrogen (secondary N) is 1. The molecule has 0 saturated carbocycles. The van der Waals surface area contributed by atoms with Gasteiger partial charge < -0.3 is 10.4 Å². The Balaban J connectivity index is 2.11. The normalized spacial score (nSPS) is 17.7. The third-order valence-corrected chi connectivity index (χ3v) is 3.33. The third-order valence-electron chi connectivity index (χ3n) is 3.33. The van der Waals surface area contributed by atoms with E-state index in [0.717, 1.165) is 11.1 Å². The number of anilines is 1. The molecular formula is C15H12FNO2. The minimum atomic E-state index is -0.316. The summed E-state index contributed by atoms with van der Waals surface area (Å²) in [5.41, 5.74) is 2.25. The largest absolute Gasteiger partial charge is 0.508 e. The SMILES string of the molecule is O=C1CC(c2cccc(F)c2)c2ccc(O)cc2N1. The van der Waals surface area contributed by atoms with Gasteiger partial charge in [0.1, 0.15) is 11.6 Å². The number of carbonyl (C=O) groups is 1. The van der Waals surface area contributed by atoms with Gasteiger partial charge in [-0.2, -0.15) is 0 Å². The fourth-order valence-corrected chi connectivity index (χ4v) is 2.47. The van der Waals surface area contributed by atoms with Crippen LogP contribution in [-0.4, -0.2) is 11.0 Å². The van der Waals surface area contributed by atoms with E-state index in [2.05, 4.69) is 5.32 Å². The first-order valence-electron chi connectivity index (χ1n) is 6.02. The molecule has 3 nitrogen and oxygen atoms in total. The summed E-state index contributed by atoms with van der Waals surface area (Å²) in [4.78, 5) is 11.7. The fourth-order valence-electron chi connectivity index (χ4n) is 2.47. The van der Waals surface area contributed by atoms with E-state index in [4.69, 9.17) is 0 Å². The molecule has 1 atom stereocenters. The first-order chi connectivity index (χ1) is 9.13. The molecule has 0 spiro atoms. The minimum absolute atomic E-state index is 0.0962. The Kier molecular flexibility index (Phi) is 2.71. The van der Waals surface area contributed by atoms with E-state index in [1.54, 1.807) is 18.2 Å². The van der Waals surface area contributed by atoms with Gasteiger partial charge in [0, 0.05) is 24.1 Å². The zero-order valence-electron chi connectivity index (χ0n) is 10.1. The zero-order valence-corrected chi connectivity index (χ0v) is 10.1. The van der Waals surface area contributed by atoms with Crippen molar-refractivity contribution in [3.8, 4) is 5.75 Å². The van der Waals surface area contributed by atoms with Crippen molar-refractivity contribution in [2.24, 2.45) is 0 Å². The average Bonchev–Trinajstić information content (AvgIpc) is 2.37. The summed E-state index contributed by atoms with van der Waals surface area (Å²) in [7, 11) is 0. The van der Waals surface area contributed by atoms with Crippen LogP contribution in [0.4, 0.5) is 10.1 Å². The van der Waals surface area contributed by atoms with Crippen LogP contribution in [0.2, 0.25) is 0 Å². The van der Waals surface area contributed by atoms with E-state index in [9.17, 15) is 14.3 Å². The lowest BCUT2D eigenvalue weighted by molar-refractivity contribution is -0.116. The number of rotatable bonds is 1. The summed E-state index contributed by atoms with van der Waals surface area (Å²) in [5.74, 6) is -0.532. The van der Waals surface area contributed by atoms with E-state index in [0.29, 0.717) is 5.69 Å². The van der Waals surface area contributed by atoms with Crippen LogP contribution in [0.3, 0.4) is 0 Å². The summed E-state index contributed by atoms with van der Waals surface area (Å²) in [5, 5.41) is 12.2. The number of carbonyl (C=O) groups excluding carboxylic acids is 1. The number of halogens is 1. The van der Waals surface area contributed by atoms with Crippen molar-refractivity contribution in [2.45, 2.75) is 12.3 Å². The Bertz CT molecular complexity index is 654. The molecule has 1 aliphatic rings. The van der Waals surface area contributed by atoms with Crippen molar-refractivity contribution in [1.82, 2.24) is 0 Å². The molecule has 1 amide bonds. The molecule has 19 heavy (non-hydrogen) atoms. The molecule has 1 heterocycles. The predicted molar refractivity (Wildman–Crippen MR) is 69.6 cm³/mol. The second kappa shape index (κ2) is 4.39. The van der Waals surface area contributed by atoms with E-state index < -0.39 is 0 Å². The van der Waals surface area contributed by atoms with Gasteiger partial charge in [0.25, 0.3) is 0 Å². The molecular weight excluding hydrogens is 245 g/mol. The Labute approximate surface area is 109 Å². The molecule has 0 radical (unpaired) electrons. The van der Waals surface area contributed by atoms with Gasteiger partial charge in [-0.25, -0.2) is 4.39 Å². The van der Waals surface area contributed by atoms with Crippen LogP contribution in [0.25, 0.3) is 0 Å². The molecule has 1 unspecified atom stereocenters. The van der Waals surface area contributed by atoms with E-state index in [1.165, 1.54) is 18.2 Å². The highest BCUT2D eigenvalue weighted by atomic mass is 19.1. The number of phenolic OH excluding ortho intramolecular Hbond substituents is 1. The van der Waals surface area contributed by atoms with Crippen LogP contribution < -0.4 is 5.32 Å². The number of fused-ring (bicyclic) bond motifs is 1. The first kappa shape index (κ1) is 11.7. The fraction of sp³-hybridized carbons (Fsp3) is 0.133. The summed E-state index contributed by atoms with van der Waals surface area (Å²) >= 11 is 0. The highest BCUT2D eigenvalue weighted by Crippen LogP contribution is 2.38. The van der Waals surface area contributed by atoms with Gasteiger partial charge in [0.05, 0.1) is 0 Å². The van der Waals surface area contributed by atoms with Crippen LogP contribution in [0.15, 0.2) is 42.5 Å². The highest BCUT2D eigenvalue weighted by Gasteiger charge is 2.26. The Morgan fingerprint density at radius 1 is 1.21 bits per heavy atom. The van der Waals surface area contributed by atoms with Crippen molar-refractivity contribution in [1.29, 1.82) is 0 Å². The van der Waals surface area contributed by atoms with Gasteiger partial charge in [-0.1, -0.05) is 18.2 Å². The number of hydrogen-bond acceptors (Lipinski definition) is 2. The monoisotopic (exact) mass is 257 g/mol. The number of aromatic hydroxyl groups is 1. The topological polar surface area (TPSA) is 49.3 Å². The van der Waals surface area contributed by atoms with Crippen molar-refractivity contribution >= 4 is 11.6 Å². The van der Waals surface area contributed by atoms with Gasteiger partial charge in [-0.05, 0) is 29.3 Å². The second-order valence-electron chi connectivity index (χ2n) is 4.63. The van der Waals surface area contributed by atoms with Crippen LogP contribution in [0.1, 0.15) is 23.5 Å². The summed E-state index contributed by atoms with van der Waals surface area (Å²) in [6, 6.07) is 11.1. The van der Waals surface area contributed by atoms with Crippen molar-refractivity contribution in [3.05, 3.63) is 59.4 Å². The van der Waals surface area contributed by atoms with E-state index in [-0.39, 0.29) is 29.8 Å². The van der Waals surface area contributed by atoms with Crippen molar-refractivity contribution in [3.63, 3.8) is 0 Å². The minimum Gasteiger partial charge on any atom is -0.508 e. The number of amides is 1. The maximum absolute atomic E-state index is 13.3. The van der Waals surface area contributed by atoms with E-state index >= 15 is 0 Å². The predicted octanol–water partition coefficient (Wildman–Crippen LogP) is 3.01. The lowest BCUT2D eigenvalue weighted by atomic mass is 9.85. The Morgan fingerprint density at radius 3 is 2.84 bits per heavy atom. The van der Waals surface area contributed by atoms with Gasteiger partial charge in [-0.3, -0.25) is 4.79 Å². The molecule has 1 aliphatic heterocycles. The molecule has 0 bridgehead atoms. The van der Waals surface area contributed by atoms with Crippen LogP contribution in [-0.2, 0) is 4.79 Å². The molecule has 4 heteroatoms. The molecule has 0 saturated heterocycles. The second-order valence-corrected chi connectivity index (χ2v) is 4.63. The summed E-state index contributed by atoms with van der Waals surface area (Å²) < 4.78 is 13.3. The van der Waals surface area contributed by atoms with E-state index in [1.807, 2.05) is 6.07 Å². The number of hydrogen-bond donors (Lipinski definition) is 2. The Hall–Kier alpha value is -2.36. The van der Waals surface area contributed by atoms with Gasteiger partial charge in [0.2, 0.25) is 5.91 Å². The first-order valence-corrected chi connectivity index (χ1v) is 6.02. The average molecular weight is 257 g/mol. The molecule has 0 aliphatic carbocycles. The van der Waals surface area contributed by atoms with Crippen LogP contribution in [0, 0.1) is 5.82 Å². The van der Waals surface area contributed by atoms with Crippen molar-refractivity contribution < 1.29 is 14.3 Å². The number of benzene rings is 2. The quantitative estimate of drug-likeness (QED) is 0.825. The molecule has 0 fully saturated rings. The van der Waals surface area contributed by atoms with Gasteiger partial charge >= 0.3 is 0 Å². The molecule has 0 aromatic heterocycles. The molecule has 2 aromatic carbocycles. The smallest absolute Gasteiger partial charge is 0.225 e. The lowest BCUT2D eigenvalue weighted by Gasteiger charge is -2.26. The summed E-state index contributed by atoms with van der Waals surface area (Å²) in [6.07, 6.45) is 0.279. The standard InChI is InChI=1S/C15H12FNO2/c16-10-3-1-2-9(6-10)13-8-15(19)17-14-7-11(18)4-5-12(13)14/h1-7,13,18H,8H2,(H,17,19).